The van der Waals surface area contributed by atoms with Gasteiger partial charge in [0.2, 0.25) is 5.88 Å². The van der Waals surface area contributed by atoms with E-state index in [1.165, 1.54) is 6.07 Å². The number of rotatable bonds is 9. The molecule has 0 radical (unpaired) electrons. The zero-order valence-electron chi connectivity index (χ0n) is 20.4. The molecule has 1 N–H and O–H groups in total. The van der Waals surface area contributed by atoms with E-state index in [4.69, 9.17) is 4.74 Å². The lowest BCUT2D eigenvalue weighted by atomic mass is 9.71. The first-order chi connectivity index (χ1) is 16.9. The van der Waals surface area contributed by atoms with Crippen molar-refractivity contribution in [3.8, 4) is 17.0 Å². The van der Waals surface area contributed by atoms with Gasteiger partial charge in [0.1, 0.15) is 11.4 Å². The number of benzene rings is 3. The van der Waals surface area contributed by atoms with Gasteiger partial charge in [-0.1, -0.05) is 78.9 Å². The Morgan fingerprint density at radius 2 is 1.54 bits per heavy atom. The van der Waals surface area contributed by atoms with E-state index >= 15 is 4.39 Å². The molecule has 4 nitrogen and oxygen atoms in total. The molecule has 1 aromatic heterocycles. The van der Waals surface area contributed by atoms with E-state index in [0.717, 1.165) is 16.7 Å². The smallest absolute Gasteiger partial charge is 0.217 e. The number of hydrogen-bond acceptors (Lipinski definition) is 4. The third kappa shape index (κ3) is 5.26. The van der Waals surface area contributed by atoms with Crippen LogP contribution in [-0.2, 0) is 5.60 Å². The molecular formula is C30H31FN2O2. The molecule has 2 atom stereocenters. The van der Waals surface area contributed by atoms with Gasteiger partial charge in [0.05, 0.1) is 7.11 Å². The van der Waals surface area contributed by atoms with Gasteiger partial charge in [0, 0.05) is 35.3 Å². The normalized spacial score (nSPS) is 13.9. The summed E-state index contributed by atoms with van der Waals surface area (Å²) in [6, 6.07) is 28.1. The number of methoxy groups -OCH3 is 1. The van der Waals surface area contributed by atoms with Gasteiger partial charge in [-0.15, -0.1) is 0 Å². The lowest BCUT2D eigenvalue weighted by Gasteiger charge is -2.39. The molecule has 0 fully saturated rings. The van der Waals surface area contributed by atoms with Crippen LogP contribution in [0, 0.1) is 5.82 Å². The van der Waals surface area contributed by atoms with E-state index in [2.05, 4.69) is 4.98 Å². The maximum Gasteiger partial charge on any atom is 0.217 e. The van der Waals surface area contributed by atoms with Crippen LogP contribution in [0.1, 0.15) is 29.0 Å². The van der Waals surface area contributed by atoms with Crippen molar-refractivity contribution in [3.05, 3.63) is 120 Å². The molecule has 0 aliphatic rings. The first-order valence-electron chi connectivity index (χ1n) is 11.7. The molecule has 35 heavy (non-hydrogen) atoms. The minimum Gasteiger partial charge on any atom is -0.481 e. The fourth-order valence-electron chi connectivity index (χ4n) is 4.63. The second kappa shape index (κ2) is 10.8. The highest BCUT2D eigenvalue weighted by Crippen LogP contribution is 2.48. The van der Waals surface area contributed by atoms with Crippen LogP contribution in [-0.4, -0.2) is 42.7 Å². The van der Waals surface area contributed by atoms with Gasteiger partial charge < -0.3 is 14.7 Å². The quantitative estimate of drug-likeness (QED) is 0.332. The summed E-state index contributed by atoms with van der Waals surface area (Å²) in [4.78, 5) is 6.60. The molecule has 1 heterocycles. The van der Waals surface area contributed by atoms with Crippen molar-refractivity contribution in [1.82, 2.24) is 9.88 Å². The summed E-state index contributed by atoms with van der Waals surface area (Å²) >= 11 is 0. The Balaban J connectivity index is 1.99. The average Bonchev–Trinajstić information content (AvgIpc) is 2.89. The highest BCUT2D eigenvalue weighted by atomic mass is 19.1. The maximum absolute atomic E-state index is 15.3. The Morgan fingerprint density at radius 3 is 2.17 bits per heavy atom. The summed E-state index contributed by atoms with van der Waals surface area (Å²) in [5, 5.41) is 12.5. The molecule has 180 valence electrons. The third-order valence-electron chi connectivity index (χ3n) is 6.38. The van der Waals surface area contributed by atoms with Crippen molar-refractivity contribution in [3.63, 3.8) is 0 Å². The number of aliphatic hydroxyl groups is 1. The third-order valence-corrected chi connectivity index (χ3v) is 6.38. The van der Waals surface area contributed by atoms with Crippen LogP contribution in [0.3, 0.4) is 0 Å². The Morgan fingerprint density at radius 1 is 0.914 bits per heavy atom. The Hall–Kier alpha value is -3.54. The maximum atomic E-state index is 15.3. The molecule has 4 aromatic rings. The lowest BCUT2D eigenvalue weighted by Crippen LogP contribution is -2.38. The molecule has 5 heteroatoms. The van der Waals surface area contributed by atoms with Crippen molar-refractivity contribution in [1.29, 1.82) is 0 Å². The molecule has 0 amide bonds. The largest absolute Gasteiger partial charge is 0.481 e. The van der Waals surface area contributed by atoms with Crippen molar-refractivity contribution in [2.75, 3.05) is 27.7 Å². The molecule has 4 rings (SSSR count). The summed E-state index contributed by atoms with van der Waals surface area (Å²) in [6.07, 6.45) is 2.07. The fourth-order valence-corrected chi connectivity index (χ4v) is 4.63. The number of halogens is 1. The van der Waals surface area contributed by atoms with Crippen LogP contribution in [0.15, 0.2) is 97.2 Å². The Labute approximate surface area is 206 Å². The van der Waals surface area contributed by atoms with Crippen molar-refractivity contribution < 1.29 is 14.2 Å². The van der Waals surface area contributed by atoms with Gasteiger partial charge >= 0.3 is 0 Å². The first kappa shape index (κ1) is 24.6. The van der Waals surface area contributed by atoms with Gasteiger partial charge in [-0.2, -0.15) is 0 Å². The first-order valence-corrected chi connectivity index (χ1v) is 11.7. The molecule has 0 saturated heterocycles. The molecular weight excluding hydrogens is 439 g/mol. The zero-order chi connectivity index (χ0) is 24.8. The predicted molar refractivity (Wildman–Crippen MR) is 138 cm³/mol. The van der Waals surface area contributed by atoms with Gasteiger partial charge in [0.15, 0.2) is 0 Å². The molecule has 2 unspecified atom stereocenters. The summed E-state index contributed by atoms with van der Waals surface area (Å²) < 4.78 is 21.0. The number of nitrogens with zero attached hydrogens (tertiary/aromatic N) is 2. The van der Waals surface area contributed by atoms with Gasteiger partial charge in [-0.25, -0.2) is 9.37 Å². The van der Waals surface area contributed by atoms with E-state index in [1.54, 1.807) is 31.5 Å². The minimum absolute atomic E-state index is 0.253. The molecule has 0 bridgehead atoms. The Kier molecular flexibility index (Phi) is 7.59. The van der Waals surface area contributed by atoms with Crippen molar-refractivity contribution >= 4 is 0 Å². The number of ether oxygens (including phenoxy) is 1. The zero-order valence-corrected chi connectivity index (χ0v) is 20.4. The highest BCUT2D eigenvalue weighted by molar-refractivity contribution is 5.65. The second-order valence-electron chi connectivity index (χ2n) is 8.99. The summed E-state index contributed by atoms with van der Waals surface area (Å²) in [6.45, 7) is 0.558. The van der Waals surface area contributed by atoms with E-state index in [9.17, 15) is 5.11 Å². The molecule has 0 spiro atoms. The fraction of sp³-hybridized carbons (Fsp3) is 0.233. The predicted octanol–water partition coefficient (Wildman–Crippen LogP) is 5.87. The molecule has 0 aliphatic carbocycles. The summed E-state index contributed by atoms with van der Waals surface area (Å²) in [5.41, 5.74) is 2.13. The lowest BCUT2D eigenvalue weighted by molar-refractivity contribution is 0.000610. The van der Waals surface area contributed by atoms with Crippen molar-refractivity contribution in [2.24, 2.45) is 0 Å². The van der Waals surface area contributed by atoms with Crippen LogP contribution in [0.5, 0.6) is 5.88 Å². The SMILES string of the molecule is COc1ncc(-c2ccccc2)cc1C(c1ccccc1)C(O)(CCN(C)C)c1ccccc1F. The molecule has 0 saturated carbocycles. The topological polar surface area (TPSA) is 45.6 Å². The highest BCUT2D eigenvalue weighted by Gasteiger charge is 2.43. The van der Waals surface area contributed by atoms with Crippen molar-refractivity contribution in [2.45, 2.75) is 17.9 Å². The van der Waals surface area contributed by atoms with Gasteiger partial charge in [-0.05, 0) is 43.8 Å². The van der Waals surface area contributed by atoms with Crippen LogP contribution < -0.4 is 4.74 Å². The Bertz CT molecular complexity index is 1250. The number of pyridine rings is 1. The van der Waals surface area contributed by atoms with Crippen LogP contribution in [0.4, 0.5) is 4.39 Å². The average molecular weight is 471 g/mol. The van der Waals surface area contributed by atoms with E-state index in [-0.39, 0.29) is 5.56 Å². The van der Waals surface area contributed by atoms with Gasteiger partial charge in [-0.3, -0.25) is 0 Å². The van der Waals surface area contributed by atoms with E-state index in [0.29, 0.717) is 24.4 Å². The van der Waals surface area contributed by atoms with E-state index < -0.39 is 17.3 Å². The summed E-state index contributed by atoms with van der Waals surface area (Å²) in [7, 11) is 5.45. The molecule has 0 aliphatic heterocycles. The number of hydrogen-bond donors (Lipinski definition) is 1. The van der Waals surface area contributed by atoms with E-state index in [1.807, 2.05) is 85.7 Å². The van der Waals surface area contributed by atoms with Crippen LogP contribution in [0.2, 0.25) is 0 Å². The molecule has 3 aromatic carbocycles. The second-order valence-corrected chi connectivity index (χ2v) is 8.99. The standard InChI is InChI=1S/C30H31FN2O2/c1-33(2)19-18-30(34,26-16-10-11-17-27(26)31)28(23-14-8-5-9-15-23)25-20-24(21-32-29(25)35-3)22-12-6-4-7-13-22/h4-17,20-21,28,34H,18-19H2,1-3H3. The van der Waals surface area contributed by atoms with Crippen LogP contribution >= 0.6 is 0 Å². The van der Waals surface area contributed by atoms with Crippen LogP contribution in [0.25, 0.3) is 11.1 Å². The van der Waals surface area contributed by atoms with Gasteiger partial charge in [0.25, 0.3) is 0 Å². The number of aromatic nitrogens is 1. The summed E-state index contributed by atoms with van der Waals surface area (Å²) in [5.74, 6) is -0.675. The minimum atomic E-state index is -1.57. The monoisotopic (exact) mass is 470 g/mol.